The summed E-state index contributed by atoms with van der Waals surface area (Å²) in [4.78, 5) is 17.0. The Kier molecular flexibility index (Phi) is 6.71. The van der Waals surface area contributed by atoms with Crippen LogP contribution in [0.25, 0.3) is 0 Å². The number of ether oxygens (including phenoxy) is 1. The van der Waals surface area contributed by atoms with E-state index in [0.717, 1.165) is 44.2 Å². The number of nitrogens with one attached hydrogen (secondary N) is 1. The van der Waals surface area contributed by atoms with E-state index in [1.54, 1.807) is 11.3 Å². The standard InChI is InChI=1S/C23H28N4O2S/c1-25-10-4-6-21(25)23(28)24-9-11-26-12-14-27(15-13-26)20-5-2-3-7-22(20)29-17-19-8-16-30-18-19/h2-8,10,16,18H,9,11-15,17H2,1H3,(H,24,28). The first-order valence-corrected chi connectivity index (χ1v) is 11.2. The number of benzene rings is 1. The monoisotopic (exact) mass is 424 g/mol. The van der Waals surface area contributed by atoms with Crippen LogP contribution in [0.5, 0.6) is 5.75 Å². The molecule has 1 aliphatic heterocycles. The molecule has 1 saturated heterocycles. The van der Waals surface area contributed by atoms with Crippen LogP contribution in [0.2, 0.25) is 0 Å². The minimum atomic E-state index is -0.0159. The third-order valence-electron chi connectivity index (χ3n) is 5.44. The van der Waals surface area contributed by atoms with Crippen LogP contribution in [0.1, 0.15) is 16.1 Å². The highest BCUT2D eigenvalue weighted by Gasteiger charge is 2.20. The molecular formula is C23H28N4O2S. The maximum absolute atomic E-state index is 12.2. The molecule has 1 N–H and O–H groups in total. The van der Waals surface area contributed by atoms with Crippen molar-refractivity contribution < 1.29 is 9.53 Å². The summed E-state index contributed by atoms with van der Waals surface area (Å²) in [6.45, 7) is 5.96. The molecule has 0 unspecified atom stereocenters. The smallest absolute Gasteiger partial charge is 0.267 e. The highest BCUT2D eigenvalue weighted by atomic mass is 32.1. The number of amides is 1. The molecule has 1 fully saturated rings. The normalized spacial score (nSPS) is 14.6. The first kappa shape index (κ1) is 20.5. The average Bonchev–Trinajstić information content (AvgIpc) is 3.45. The van der Waals surface area contributed by atoms with E-state index in [4.69, 9.17) is 4.74 Å². The summed E-state index contributed by atoms with van der Waals surface area (Å²) < 4.78 is 7.94. The minimum absolute atomic E-state index is 0.0159. The predicted octanol–water partition coefficient (Wildman–Crippen LogP) is 3.22. The molecule has 0 radical (unpaired) electrons. The number of nitrogens with zero attached hydrogens (tertiary/aromatic N) is 3. The molecule has 7 heteroatoms. The Balaban J connectivity index is 1.24. The van der Waals surface area contributed by atoms with Gasteiger partial charge in [-0.15, -0.1) is 0 Å². The van der Waals surface area contributed by atoms with Gasteiger partial charge >= 0.3 is 0 Å². The molecule has 0 atom stereocenters. The fraction of sp³-hybridized carbons (Fsp3) is 0.348. The van der Waals surface area contributed by atoms with Crippen molar-refractivity contribution in [1.29, 1.82) is 0 Å². The number of aromatic nitrogens is 1. The van der Waals surface area contributed by atoms with E-state index in [1.807, 2.05) is 42.1 Å². The van der Waals surface area contributed by atoms with Gasteiger partial charge in [0.1, 0.15) is 18.1 Å². The van der Waals surface area contributed by atoms with Crippen LogP contribution < -0.4 is 15.0 Å². The van der Waals surface area contributed by atoms with Gasteiger partial charge in [-0.3, -0.25) is 9.69 Å². The first-order chi connectivity index (χ1) is 14.7. The Morgan fingerprint density at radius 1 is 1.10 bits per heavy atom. The van der Waals surface area contributed by atoms with Gasteiger partial charge in [0.2, 0.25) is 0 Å². The third-order valence-corrected chi connectivity index (χ3v) is 6.17. The zero-order valence-corrected chi connectivity index (χ0v) is 18.1. The second-order valence-electron chi connectivity index (χ2n) is 7.48. The van der Waals surface area contributed by atoms with Crippen molar-refractivity contribution in [1.82, 2.24) is 14.8 Å². The van der Waals surface area contributed by atoms with Crippen LogP contribution >= 0.6 is 11.3 Å². The molecule has 3 heterocycles. The van der Waals surface area contributed by atoms with Gasteiger partial charge < -0.3 is 19.5 Å². The van der Waals surface area contributed by atoms with Gasteiger partial charge in [-0.1, -0.05) is 12.1 Å². The molecule has 0 bridgehead atoms. The SMILES string of the molecule is Cn1cccc1C(=O)NCCN1CCN(c2ccccc2OCc2ccsc2)CC1. The number of carbonyl (C=O) groups is 1. The van der Waals surface area contributed by atoms with Gasteiger partial charge in [0.25, 0.3) is 5.91 Å². The molecule has 2 aromatic heterocycles. The molecular weight excluding hydrogens is 396 g/mol. The summed E-state index contributed by atoms with van der Waals surface area (Å²) in [5.41, 5.74) is 3.06. The molecule has 1 aliphatic rings. The lowest BCUT2D eigenvalue weighted by Crippen LogP contribution is -2.48. The first-order valence-electron chi connectivity index (χ1n) is 10.3. The predicted molar refractivity (Wildman–Crippen MR) is 121 cm³/mol. The molecule has 30 heavy (non-hydrogen) atoms. The lowest BCUT2D eigenvalue weighted by atomic mass is 10.2. The van der Waals surface area contributed by atoms with Gasteiger partial charge in [0.15, 0.2) is 0 Å². The van der Waals surface area contributed by atoms with Gasteiger partial charge in [-0.05, 0) is 46.7 Å². The molecule has 4 rings (SSSR count). The molecule has 6 nitrogen and oxygen atoms in total. The van der Waals surface area contributed by atoms with E-state index < -0.39 is 0 Å². The second kappa shape index (κ2) is 9.82. The molecule has 0 aliphatic carbocycles. The van der Waals surface area contributed by atoms with Crippen molar-refractivity contribution in [2.24, 2.45) is 7.05 Å². The summed E-state index contributed by atoms with van der Waals surface area (Å²) in [5, 5.41) is 7.22. The zero-order chi connectivity index (χ0) is 20.8. The van der Waals surface area contributed by atoms with Crippen molar-refractivity contribution in [2.45, 2.75) is 6.61 Å². The lowest BCUT2D eigenvalue weighted by Gasteiger charge is -2.36. The van der Waals surface area contributed by atoms with Crippen molar-refractivity contribution in [3.05, 3.63) is 70.7 Å². The zero-order valence-electron chi connectivity index (χ0n) is 17.3. The number of carbonyl (C=O) groups excluding carboxylic acids is 1. The molecule has 0 saturated carbocycles. The summed E-state index contributed by atoms with van der Waals surface area (Å²) in [6, 6.07) is 14.1. The summed E-state index contributed by atoms with van der Waals surface area (Å²) in [6.07, 6.45) is 1.88. The van der Waals surface area contributed by atoms with Crippen molar-refractivity contribution in [3.8, 4) is 5.75 Å². The van der Waals surface area contributed by atoms with Gasteiger partial charge in [0.05, 0.1) is 5.69 Å². The fourth-order valence-corrected chi connectivity index (χ4v) is 4.36. The number of hydrogen-bond acceptors (Lipinski definition) is 5. The molecule has 3 aromatic rings. The van der Waals surface area contributed by atoms with Crippen LogP contribution in [0, 0.1) is 0 Å². The molecule has 1 aromatic carbocycles. The van der Waals surface area contributed by atoms with Gasteiger partial charge in [-0.25, -0.2) is 0 Å². The summed E-state index contributed by atoms with van der Waals surface area (Å²) >= 11 is 1.69. The Bertz CT molecular complexity index is 946. The maximum Gasteiger partial charge on any atom is 0.267 e. The van der Waals surface area contributed by atoms with Crippen LogP contribution in [0.3, 0.4) is 0 Å². The molecule has 1 amide bonds. The lowest BCUT2D eigenvalue weighted by molar-refractivity contribution is 0.0939. The Morgan fingerprint density at radius 3 is 2.67 bits per heavy atom. The van der Waals surface area contributed by atoms with Crippen LogP contribution in [-0.2, 0) is 13.7 Å². The average molecular weight is 425 g/mol. The summed E-state index contributed by atoms with van der Waals surface area (Å²) in [5.74, 6) is 0.921. The van der Waals surface area contributed by atoms with Gasteiger partial charge in [-0.2, -0.15) is 11.3 Å². The summed E-state index contributed by atoms with van der Waals surface area (Å²) in [7, 11) is 1.88. The highest BCUT2D eigenvalue weighted by molar-refractivity contribution is 7.07. The highest BCUT2D eigenvalue weighted by Crippen LogP contribution is 2.29. The van der Waals surface area contributed by atoms with E-state index in [2.05, 4.69) is 44.1 Å². The molecule has 158 valence electrons. The van der Waals surface area contributed by atoms with Crippen molar-refractivity contribution >= 4 is 22.9 Å². The third kappa shape index (κ3) is 5.04. The number of hydrogen-bond donors (Lipinski definition) is 1. The van der Waals surface area contributed by atoms with E-state index in [0.29, 0.717) is 18.8 Å². The number of para-hydroxylation sites is 2. The molecule has 0 spiro atoms. The Hall–Kier alpha value is -2.77. The Labute approximate surface area is 181 Å². The quantitative estimate of drug-likeness (QED) is 0.603. The fourth-order valence-electron chi connectivity index (χ4n) is 3.70. The van der Waals surface area contributed by atoms with Gasteiger partial charge in [0, 0.05) is 52.5 Å². The van der Waals surface area contributed by atoms with E-state index in [1.165, 1.54) is 5.56 Å². The van der Waals surface area contributed by atoms with Crippen LogP contribution in [0.15, 0.2) is 59.4 Å². The largest absolute Gasteiger partial charge is 0.487 e. The second-order valence-corrected chi connectivity index (χ2v) is 8.26. The van der Waals surface area contributed by atoms with Crippen LogP contribution in [-0.4, -0.2) is 54.6 Å². The number of anilines is 1. The number of rotatable bonds is 8. The van der Waals surface area contributed by atoms with E-state index in [-0.39, 0.29) is 5.91 Å². The van der Waals surface area contributed by atoms with Crippen molar-refractivity contribution in [2.75, 3.05) is 44.2 Å². The number of thiophene rings is 1. The minimum Gasteiger partial charge on any atom is -0.487 e. The van der Waals surface area contributed by atoms with E-state index in [9.17, 15) is 4.79 Å². The van der Waals surface area contributed by atoms with Crippen LogP contribution in [0.4, 0.5) is 5.69 Å². The van der Waals surface area contributed by atoms with E-state index >= 15 is 0 Å². The number of aryl methyl sites for hydroxylation is 1. The number of piperazine rings is 1. The maximum atomic E-state index is 12.2. The van der Waals surface area contributed by atoms with Crippen molar-refractivity contribution in [3.63, 3.8) is 0 Å². The Morgan fingerprint density at radius 2 is 1.93 bits per heavy atom. The topological polar surface area (TPSA) is 49.7 Å².